The summed E-state index contributed by atoms with van der Waals surface area (Å²) in [6.45, 7) is 5.05. The predicted octanol–water partition coefficient (Wildman–Crippen LogP) is 3.92. The van der Waals surface area contributed by atoms with Gasteiger partial charge in [0.25, 0.3) is 0 Å². The Morgan fingerprint density at radius 3 is 2.36 bits per heavy atom. The minimum atomic E-state index is 0.195. The normalized spacial score (nSPS) is 16.4. The Kier molecular flexibility index (Phi) is 5.49. The highest BCUT2D eigenvalue weighted by Gasteiger charge is 2.22. The van der Waals surface area contributed by atoms with Gasteiger partial charge in [-0.15, -0.1) is 0 Å². The average Bonchev–Trinajstić information content (AvgIpc) is 2.62. The molecule has 134 valence electrons. The second kappa shape index (κ2) is 7.79. The summed E-state index contributed by atoms with van der Waals surface area (Å²) in [5.74, 6) is 2.51. The summed E-state index contributed by atoms with van der Waals surface area (Å²) in [5, 5.41) is 3.63. The molecule has 0 radical (unpaired) electrons. The van der Waals surface area contributed by atoms with Crippen molar-refractivity contribution in [3.8, 4) is 17.2 Å². The van der Waals surface area contributed by atoms with Gasteiger partial charge in [0.1, 0.15) is 5.75 Å². The Morgan fingerprint density at radius 1 is 1.04 bits per heavy atom. The molecule has 1 unspecified atom stereocenters. The number of nitrogens with one attached hydrogen (secondary N) is 1. The molecule has 2 aromatic rings. The SMILES string of the molecule is COc1cc2c(cc1OC)C(Cc1ccc(OC(C)C)cc1)NCC2. The molecule has 2 aromatic carbocycles. The number of hydrogen-bond donors (Lipinski definition) is 1. The fourth-order valence-corrected chi connectivity index (χ4v) is 3.36. The summed E-state index contributed by atoms with van der Waals surface area (Å²) in [6.07, 6.45) is 2.14. The van der Waals surface area contributed by atoms with Crippen LogP contribution in [0.2, 0.25) is 0 Å². The number of methoxy groups -OCH3 is 2. The monoisotopic (exact) mass is 341 g/mol. The predicted molar refractivity (Wildman–Crippen MR) is 99.9 cm³/mol. The molecule has 1 aliphatic rings. The van der Waals surface area contributed by atoms with E-state index in [0.29, 0.717) is 0 Å². The third-order valence-electron chi connectivity index (χ3n) is 4.54. The van der Waals surface area contributed by atoms with Gasteiger partial charge < -0.3 is 19.5 Å². The Labute approximate surface area is 150 Å². The highest BCUT2D eigenvalue weighted by atomic mass is 16.5. The van der Waals surface area contributed by atoms with E-state index < -0.39 is 0 Å². The molecule has 0 aromatic heterocycles. The fraction of sp³-hybridized carbons (Fsp3) is 0.429. The summed E-state index contributed by atoms with van der Waals surface area (Å²) in [5.41, 5.74) is 3.92. The molecule has 3 rings (SSSR count). The van der Waals surface area contributed by atoms with Crippen molar-refractivity contribution in [3.05, 3.63) is 53.1 Å². The van der Waals surface area contributed by atoms with Crippen molar-refractivity contribution in [2.45, 2.75) is 38.8 Å². The number of hydrogen-bond acceptors (Lipinski definition) is 4. The Bertz CT molecular complexity index is 710. The van der Waals surface area contributed by atoms with Gasteiger partial charge in [0.2, 0.25) is 0 Å². The third-order valence-corrected chi connectivity index (χ3v) is 4.54. The van der Waals surface area contributed by atoms with Gasteiger partial charge in [-0.05, 0) is 74.2 Å². The fourth-order valence-electron chi connectivity index (χ4n) is 3.36. The first kappa shape index (κ1) is 17.6. The van der Waals surface area contributed by atoms with Gasteiger partial charge in [-0.3, -0.25) is 0 Å². The molecule has 0 saturated carbocycles. The third kappa shape index (κ3) is 4.07. The summed E-state index contributed by atoms with van der Waals surface area (Å²) in [7, 11) is 3.37. The second-order valence-electron chi connectivity index (χ2n) is 6.68. The number of ether oxygens (including phenoxy) is 3. The van der Waals surface area contributed by atoms with Crippen LogP contribution >= 0.6 is 0 Å². The maximum atomic E-state index is 5.73. The lowest BCUT2D eigenvalue weighted by atomic mass is 9.90. The van der Waals surface area contributed by atoms with Gasteiger partial charge in [-0.2, -0.15) is 0 Å². The summed E-state index contributed by atoms with van der Waals surface area (Å²) in [6, 6.07) is 12.9. The maximum absolute atomic E-state index is 5.73. The second-order valence-corrected chi connectivity index (χ2v) is 6.68. The molecule has 4 nitrogen and oxygen atoms in total. The first-order valence-corrected chi connectivity index (χ1v) is 8.84. The molecule has 0 saturated heterocycles. The zero-order chi connectivity index (χ0) is 17.8. The van der Waals surface area contributed by atoms with Gasteiger partial charge in [0.05, 0.1) is 20.3 Å². The smallest absolute Gasteiger partial charge is 0.161 e. The van der Waals surface area contributed by atoms with Crippen LogP contribution in [-0.4, -0.2) is 26.9 Å². The van der Waals surface area contributed by atoms with E-state index in [9.17, 15) is 0 Å². The topological polar surface area (TPSA) is 39.7 Å². The molecule has 4 heteroatoms. The van der Waals surface area contributed by atoms with Gasteiger partial charge >= 0.3 is 0 Å². The quantitative estimate of drug-likeness (QED) is 0.864. The van der Waals surface area contributed by atoms with E-state index in [2.05, 4.69) is 29.6 Å². The minimum Gasteiger partial charge on any atom is -0.493 e. The van der Waals surface area contributed by atoms with Crippen LogP contribution in [-0.2, 0) is 12.8 Å². The van der Waals surface area contributed by atoms with E-state index in [1.165, 1.54) is 16.7 Å². The Hall–Kier alpha value is -2.20. The molecule has 0 fully saturated rings. The molecule has 0 aliphatic carbocycles. The lowest BCUT2D eigenvalue weighted by Gasteiger charge is -2.28. The van der Waals surface area contributed by atoms with E-state index in [4.69, 9.17) is 14.2 Å². The molecule has 1 aliphatic heterocycles. The molecular formula is C21H27NO3. The van der Waals surface area contributed by atoms with Crippen LogP contribution in [0.25, 0.3) is 0 Å². The van der Waals surface area contributed by atoms with Crippen LogP contribution in [0, 0.1) is 0 Å². The molecule has 0 bridgehead atoms. The van der Waals surface area contributed by atoms with Crippen LogP contribution in [0.5, 0.6) is 17.2 Å². The van der Waals surface area contributed by atoms with E-state index in [1.807, 2.05) is 26.0 Å². The maximum Gasteiger partial charge on any atom is 0.161 e. The van der Waals surface area contributed by atoms with Crippen LogP contribution in [0.4, 0.5) is 0 Å². The van der Waals surface area contributed by atoms with E-state index >= 15 is 0 Å². The molecular weight excluding hydrogens is 314 g/mol. The van der Waals surface area contributed by atoms with E-state index in [1.54, 1.807) is 14.2 Å². The molecule has 1 N–H and O–H groups in total. The average molecular weight is 341 g/mol. The molecule has 0 amide bonds. The van der Waals surface area contributed by atoms with Crippen LogP contribution < -0.4 is 19.5 Å². The largest absolute Gasteiger partial charge is 0.493 e. The summed E-state index contributed by atoms with van der Waals surface area (Å²) < 4.78 is 16.7. The van der Waals surface area contributed by atoms with Crippen LogP contribution in [0.3, 0.4) is 0 Å². The highest BCUT2D eigenvalue weighted by Crippen LogP contribution is 2.36. The van der Waals surface area contributed by atoms with Crippen molar-refractivity contribution in [2.24, 2.45) is 0 Å². The first-order chi connectivity index (χ1) is 12.1. The number of fused-ring (bicyclic) bond motifs is 1. The van der Waals surface area contributed by atoms with E-state index in [-0.39, 0.29) is 12.1 Å². The van der Waals surface area contributed by atoms with Gasteiger partial charge in [0, 0.05) is 6.04 Å². The van der Waals surface area contributed by atoms with Crippen molar-refractivity contribution < 1.29 is 14.2 Å². The lowest BCUT2D eigenvalue weighted by Crippen LogP contribution is -2.31. The minimum absolute atomic E-state index is 0.195. The Balaban J connectivity index is 1.81. The van der Waals surface area contributed by atoms with Gasteiger partial charge in [-0.25, -0.2) is 0 Å². The standard InChI is InChI=1S/C21H27NO3/c1-14(2)25-17-7-5-15(6-8-17)11-19-18-13-21(24-4)20(23-3)12-16(18)9-10-22-19/h5-8,12-14,19,22H,9-11H2,1-4H3. The molecule has 25 heavy (non-hydrogen) atoms. The molecule has 0 spiro atoms. The van der Waals surface area contributed by atoms with Crippen LogP contribution in [0.1, 0.15) is 36.6 Å². The van der Waals surface area contributed by atoms with Crippen molar-refractivity contribution >= 4 is 0 Å². The van der Waals surface area contributed by atoms with Crippen molar-refractivity contribution in [3.63, 3.8) is 0 Å². The van der Waals surface area contributed by atoms with Crippen LogP contribution in [0.15, 0.2) is 36.4 Å². The van der Waals surface area contributed by atoms with Gasteiger partial charge in [0.15, 0.2) is 11.5 Å². The molecule has 1 atom stereocenters. The van der Waals surface area contributed by atoms with Crippen molar-refractivity contribution in [2.75, 3.05) is 20.8 Å². The van der Waals surface area contributed by atoms with E-state index in [0.717, 1.165) is 36.6 Å². The lowest BCUT2D eigenvalue weighted by molar-refractivity contribution is 0.242. The number of rotatable bonds is 6. The van der Waals surface area contributed by atoms with Crippen molar-refractivity contribution in [1.29, 1.82) is 0 Å². The number of benzene rings is 2. The Morgan fingerprint density at radius 2 is 1.72 bits per heavy atom. The summed E-state index contributed by atoms with van der Waals surface area (Å²) >= 11 is 0. The first-order valence-electron chi connectivity index (χ1n) is 8.84. The van der Waals surface area contributed by atoms with Gasteiger partial charge in [-0.1, -0.05) is 12.1 Å². The summed E-state index contributed by atoms with van der Waals surface area (Å²) in [4.78, 5) is 0. The van der Waals surface area contributed by atoms with Crippen molar-refractivity contribution in [1.82, 2.24) is 5.32 Å². The zero-order valence-electron chi connectivity index (χ0n) is 15.5. The molecule has 1 heterocycles. The highest BCUT2D eigenvalue weighted by molar-refractivity contribution is 5.49. The zero-order valence-corrected chi connectivity index (χ0v) is 15.5.